The maximum absolute atomic E-state index is 12.9. The average molecular weight is 309 g/mol. The first-order chi connectivity index (χ1) is 11.1. The van der Waals surface area contributed by atoms with E-state index < -0.39 is 5.91 Å². The molecule has 0 bridgehead atoms. The van der Waals surface area contributed by atoms with Gasteiger partial charge in [0, 0.05) is 10.9 Å². The average Bonchev–Trinajstić information content (AvgIpc) is 3.23. The number of nitrogens with two attached hydrogens (primary N) is 2. The van der Waals surface area contributed by atoms with Crippen LogP contribution in [0.3, 0.4) is 0 Å². The largest absolute Gasteiger partial charge is 0.384 e. The molecule has 2 heterocycles. The number of pyridine rings is 1. The number of aromatic nitrogens is 3. The molecule has 7 heteroatoms. The molecule has 0 saturated heterocycles. The third kappa shape index (κ3) is 2.01. The first-order valence-electron chi connectivity index (χ1n) is 7.35. The standard InChI is InChI=1S/C16H15N5O2/c17-14-10(15(18)22)6-9(8-4-5-8)16(23)21(14)13-3-1-2-12-11(13)7-19-20-12/h1-3,6-8H,4-5,17H2,(H2,18,22)(H,19,20). The Morgan fingerprint density at radius 3 is 2.83 bits per heavy atom. The minimum atomic E-state index is -0.641. The fourth-order valence-electron chi connectivity index (χ4n) is 2.92. The molecule has 0 atom stereocenters. The lowest BCUT2D eigenvalue weighted by Gasteiger charge is -2.15. The molecule has 4 rings (SSSR count). The summed E-state index contributed by atoms with van der Waals surface area (Å²) in [5.74, 6) is -0.408. The van der Waals surface area contributed by atoms with Crippen molar-refractivity contribution in [1.82, 2.24) is 14.8 Å². The lowest BCUT2D eigenvalue weighted by molar-refractivity contribution is 0.100. The van der Waals surface area contributed by atoms with Gasteiger partial charge in [-0.2, -0.15) is 5.10 Å². The summed E-state index contributed by atoms with van der Waals surface area (Å²) in [5, 5.41) is 7.61. The number of amides is 1. The van der Waals surface area contributed by atoms with Gasteiger partial charge >= 0.3 is 0 Å². The second-order valence-electron chi connectivity index (χ2n) is 5.79. The number of primary amides is 1. The summed E-state index contributed by atoms with van der Waals surface area (Å²) >= 11 is 0. The molecule has 5 N–H and O–H groups in total. The number of nitrogen functional groups attached to an aromatic ring is 1. The monoisotopic (exact) mass is 309 g/mol. The zero-order valence-electron chi connectivity index (χ0n) is 12.2. The Morgan fingerprint density at radius 2 is 2.13 bits per heavy atom. The fraction of sp³-hybridized carbons (Fsp3) is 0.188. The van der Waals surface area contributed by atoms with E-state index in [2.05, 4.69) is 10.2 Å². The molecule has 1 aliphatic rings. The van der Waals surface area contributed by atoms with E-state index in [0.29, 0.717) is 11.3 Å². The number of aromatic amines is 1. The molecule has 3 aromatic rings. The number of nitrogens with zero attached hydrogens (tertiary/aromatic N) is 2. The number of hydrogen-bond donors (Lipinski definition) is 3. The van der Waals surface area contributed by atoms with Gasteiger partial charge in [0.1, 0.15) is 5.82 Å². The minimum Gasteiger partial charge on any atom is -0.384 e. The summed E-state index contributed by atoms with van der Waals surface area (Å²) in [6.07, 6.45) is 3.50. The van der Waals surface area contributed by atoms with Gasteiger partial charge in [-0.3, -0.25) is 19.3 Å². The maximum atomic E-state index is 12.9. The molecule has 1 saturated carbocycles. The van der Waals surface area contributed by atoms with Gasteiger partial charge in [-0.1, -0.05) is 6.07 Å². The van der Waals surface area contributed by atoms with E-state index >= 15 is 0 Å². The zero-order chi connectivity index (χ0) is 16.1. The van der Waals surface area contributed by atoms with E-state index in [0.717, 1.165) is 23.7 Å². The van der Waals surface area contributed by atoms with Crippen molar-refractivity contribution >= 4 is 22.6 Å². The van der Waals surface area contributed by atoms with Crippen molar-refractivity contribution in [3.8, 4) is 5.69 Å². The number of carbonyl (C=O) groups is 1. The maximum Gasteiger partial charge on any atom is 0.260 e. The highest BCUT2D eigenvalue weighted by molar-refractivity contribution is 5.98. The van der Waals surface area contributed by atoms with Gasteiger partial charge in [0.25, 0.3) is 11.5 Å². The summed E-state index contributed by atoms with van der Waals surface area (Å²) in [7, 11) is 0. The van der Waals surface area contributed by atoms with E-state index in [1.54, 1.807) is 24.4 Å². The highest BCUT2D eigenvalue weighted by atomic mass is 16.1. The molecule has 116 valence electrons. The minimum absolute atomic E-state index is 0.0561. The van der Waals surface area contributed by atoms with Crippen LogP contribution in [0, 0.1) is 0 Å². The van der Waals surface area contributed by atoms with E-state index in [1.165, 1.54) is 4.57 Å². The molecule has 1 aliphatic carbocycles. The van der Waals surface area contributed by atoms with Crippen molar-refractivity contribution in [3.63, 3.8) is 0 Å². The second kappa shape index (κ2) is 4.70. The number of fused-ring (bicyclic) bond motifs is 1. The van der Waals surface area contributed by atoms with Gasteiger partial charge in [0.2, 0.25) is 0 Å². The first kappa shape index (κ1) is 13.6. The van der Waals surface area contributed by atoms with Crippen LogP contribution in [0.5, 0.6) is 0 Å². The molecular formula is C16H15N5O2. The van der Waals surface area contributed by atoms with Gasteiger partial charge in [0.05, 0.1) is 23.0 Å². The second-order valence-corrected chi connectivity index (χ2v) is 5.79. The van der Waals surface area contributed by atoms with Crippen molar-refractivity contribution in [2.75, 3.05) is 5.73 Å². The summed E-state index contributed by atoms with van der Waals surface area (Å²) in [6.45, 7) is 0. The van der Waals surface area contributed by atoms with Crippen molar-refractivity contribution in [2.24, 2.45) is 5.73 Å². The Morgan fingerprint density at radius 1 is 1.35 bits per heavy atom. The molecule has 0 unspecified atom stereocenters. The third-order valence-corrected chi connectivity index (χ3v) is 4.25. The van der Waals surface area contributed by atoms with Gasteiger partial charge in [-0.25, -0.2) is 0 Å². The van der Waals surface area contributed by atoms with Gasteiger partial charge in [-0.15, -0.1) is 0 Å². The van der Waals surface area contributed by atoms with Crippen LogP contribution >= 0.6 is 0 Å². The SMILES string of the molecule is NC(=O)c1cc(C2CC2)c(=O)n(-c2cccc3[nH]ncc23)c1N. The molecular weight excluding hydrogens is 294 g/mol. The molecule has 0 aliphatic heterocycles. The molecule has 2 aromatic heterocycles. The lowest BCUT2D eigenvalue weighted by atomic mass is 10.1. The number of rotatable bonds is 3. The summed E-state index contributed by atoms with van der Waals surface area (Å²) < 4.78 is 1.37. The van der Waals surface area contributed by atoms with E-state index in [1.807, 2.05) is 6.07 Å². The van der Waals surface area contributed by atoms with E-state index in [4.69, 9.17) is 11.5 Å². The van der Waals surface area contributed by atoms with Crippen LogP contribution < -0.4 is 17.0 Å². The number of anilines is 1. The molecule has 23 heavy (non-hydrogen) atoms. The molecule has 7 nitrogen and oxygen atoms in total. The molecule has 1 fully saturated rings. The predicted octanol–water partition coefficient (Wildman–Crippen LogP) is 1.27. The predicted molar refractivity (Wildman–Crippen MR) is 86.6 cm³/mol. The summed E-state index contributed by atoms with van der Waals surface area (Å²) in [5.41, 5.74) is 13.5. The number of benzene rings is 1. The molecule has 1 aromatic carbocycles. The molecule has 1 amide bonds. The number of H-pyrrole nitrogens is 1. The van der Waals surface area contributed by atoms with Crippen molar-refractivity contribution in [1.29, 1.82) is 0 Å². The van der Waals surface area contributed by atoms with E-state index in [-0.39, 0.29) is 22.9 Å². The van der Waals surface area contributed by atoms with Crippen LogP contribution in [0.25, 0.3) is 16.6 Å². The van der Waals surface area contributed by atoms with Crippen LogP contribution in [0.15, 0.2) is 35.3 Å². The Kier molecular flexibility index (Phi) is 2.77. The van der Waals surface area contributed by atoms with Crippen LogP contribution in [0.4, 0.5) is 5.82 Å². The third-order valence-electron chi connectivity index (χ3n) is 4.25. The zero-order valence-corrected chi connectivity index (χ0v) is 12.2. The van der Waals surface area contributed by atoms with Gasteiger partial charge < -0.3 is 11.5 Å². The van der Waals surface area contributed by atoms with Gasteiger partial charge in [-0.05, 0) is 37.0 Å². The lowest BCUT2D eigenvalue weighted by Crippen LogP contribution is -2.28. The van der Waals surface area contributed by atoms with E-state index in [9.17, 15) is 9.59 Å². The quantitative estimate of drug-likeness (QED) is 0.674. The summed E-state index contributed by atoms with van der Waals surface area (Å²) in [4.78, 5) is 24.6. The normalized spacial score (nSPS) is 14.3. The smallest absolute Gasteiger partial charge is 0.260 e. The number of nitrogens with one attached hydrogen (secondary N) is 1. The van der Waals surface area contributed by atoms with Crippen LogP contribution in [0.1, 0.15) is 34.7 Å². The first-order valence-corrected chi connectivity index (χ1v) is 7.35. The number of carbonyl (C=O) groups excluding carboxylic acids is 1. The summed E-state index contributed by atoms with van der Waals surface area (Å²) in [6, 6.07) is 6.98. The van der Waals surface area contributed by atoms with Crippen molar-refractivity contribution < 1.29 is 4.79 Å². The Labute approximate surface area is 130 Å². The molecule has 0 radical (unpaired) electrons. The topological polar surface area (TPSA) is 120 Å². The highest BCUT2D eigenvalue weighted by Crippen LogP contribution is 2.39. The Balaban J connectivity index is 2.10. The Bertz CT molecular complexity index is 997. The van der Waals surface area contributed by atoms with Crippen LogP contribution in [-0.2, 0) is 0 Å². The fourth-order valence-corrected chi connectivity index (χ4v) is 2.92. The van der Waals surface area contributed by atoms with Crippen molar-refractivity contribution in [3.05, 3.63) is 51.9 Å². The molecule has 0 spiro atoms. The van der Waals surface area contributed by atoms with Crippen LogP contribution in [-0.4, -0.2) is 20.7 Å². The number of hydrogen-bond acceptors (Lipinski definition) is 4. The highest BCUT2D eigenvalue weighted by Gasteiger charge is 2.30. The Hall–Kier alpha value is -3.09. The van der Waals surface area contributed by atoms with Crippen molar-refractivity contribution in [2.45, 2.75) is 18.8 Å². The van der Waals surface area contributed by atoms with Crippen LogP contribution in [0.2, 0.25) is 0 Å². The van der Waals surface area contributed by atoms with Gasteiger partial charge in [0.15, 0.2) is 0 Å².